The van der Waals surface area contributed by atoms with Gasteiger partial charge in [-0.2, -0.15) is 0 Å². The van der Waals surface area contributed by atoms with E-state index in [1.54, 1.807) is 38.2 Å². The summed E-state index contributed by atoms with van der Waals surface area (Å²) in [4.78, 5) is 20.6. The number of amides is 1. The van der Waals surface area contributed by atoms with E-state index in [0.29, 0.717) is 17.7 Å². The van der Waals surface area contributed by atoms with Gasteiger partial charge in [0.05, 0.1) is 35.9 Å². The maximum atomic E-state index is 12.5. The molecule has 0 radical (unpaired) electrons. The Morgan fingerprint density at radius 3 is 2.89 bits per heavy atom. The minimum absolute atomic E-state index is 0.116. The number of nitrogens with zero attached hydrogens (tertiary/aromatic N) is 2. The SMILES string of the molecule is CC[C@]1(O)[C@H](O)C[C@H](c2ccncc2NC(=O)c2ncccc2N)O[C@@H]1C. The van der Waals surface area contributed by atoms with Crippen LogP contribution in [0.1, 0.15) is 48.8 Å². The molecule has 27 heavy (non-hydrogen) atoms. The topological polar surface area (TPSA) is 131 Å². The van der Waals surface area contributed by atoms with E-state index in [0.717, 1.165) is 0 Å². The van der Waals surface area contributed by atoms with E-state index in [1.165, 1.54) is 12.4 Å². The fraction of sp³-hybridized carbons (Fsp3) is 0.421. The molecule has 2 aromatic rings. The highest BCUT2D eigenvalue weighted by Gasteiger charge is 2.47. The van der Waals surface area contributed by atoms with Gasteiger partial charge in [-0.3, -0.25) is 9.78 Å². The van der Waals surface area contributed by atoms with Gasteiger partial charge in [-0.05, 0) is 31.5 Å². The molecule has 4 atom stereocenters. The number of nitrogens with one attached hydrogen (secondary N) is 1. The summed E-state index contributed by atoms with van der Waals surface area (Å²) in [7, 11) is 0. The number of pyridine rings is 2. The van der Waals surface area contributed by atoms with E-state index in [4.69, 9.17) is 10.5 Å². The molecule has 2 aromatic heterocycles. The maximum Gasteiger partial charge on any atom is 0.276 e. The molecule has 1 aliphatic rings. The number of aliphatic hydroxyl groups is 2. The first kappa shape index (κ1) is 19.2. The molecule has 8 nitrogen and oxygen atoms in total. The zero-order chi connectivity index (χ0) is 19.6. The first-order valence-electron chi connectivity index (χ1n) is 8.88. The first-order valence-corrected chi connectivity index (χ1v) is 8.88. The van der Waals surface area contributed by atoms with E-state index in [1.807, 2.05) is 0 Å². The number of rotatable bonds is 4. The lowest BCUT2D eigenvalue weighted by atomic mass is 9.81. The third-order valence-corrected chi connectivity index (χ3v) is 5.16. The second kappa shape index (κ2) is 7.59. The fourth-order valence-corrected chi connectivity index (χ4v) is 3.40. The van der Waals surface area contributed by atoms with Gasteiger partial charge in [0, 0.05) is 24.4 Å². The molecular formula is C19H24N4O4. The number of nitrogens with two attached hydrogens (primary N) is 1. The van der Waals surface area contributed by atoms with Crippen LogP contribution in [0.25, 0.3) is 0 Å². The number of ether oxygens (including phenoxy) is 1. The monoisotopic (exact) mass is 372 g/mol. The number of hydrogen-bond donors (Lipinski definition) is 4. The van der Waals surface area contributed by atoms with Crippen LogP contribution in [0, 0.1) is 0 Å². The van der Waals surface area contributed by atoms with Gasteiger partial charge in [-0.25, -0.2) is 4.98 Å². The van der Waals surface area contributed by atoms with Gasteiger partial charge >= 0.3 is 0 Å². The third-order valence-electron chi connectivity index (χ3n) is 5.16. The van der Waals surface area contributed by atoms with Gasteiger partial charge in [0.15, 0.2) is 5.69 Å². The van der Waals surface area contributed by atoms with Crippen molar-refractivity contribution in [3.8, 4) is 0 Å². The predicted octanol–water partition coefficient (Wildman–Crippen LogP) is 1.66. The number of anilines is 2. The number of aromatic nitrogens is 2. The molecule has 3 rings (SSSR count). The Kier molecular flexibility index (Phi) is 5.41. The summed E-state index contributed by atoms with van der Waals surface area (Å²) < 4.78 is 5.97. The lowest BCUT2D eigenvalue weighted by Gasteiger charge is -2.45. The predicted molar refractivity (Wildman–Crippen MR) is 100.0 cm³/mol. The molecular weight excluding hydrogens is 348 g/mol. The highest BCUT2D eigenvalue weighted by atomic mass is 16.5. The Morgan fingerprint density at radius 1 is 1.44 bits per heavy atom. The van der Waals surface area contributed by atoms with Crippen molar-refractivity contribution in [1.82, 2.24) is 9.97 Å². The molecule has 144 valence electrons. The number of hydrogen-bond acceptors (Lipinski definition) is 7. The summed E-state index contributed by atoms with van der Waals surface area (Å²) in [6.07, 6.45) is 3.14. The lowest BCUT2D eigenvalue weighted by molar-refractivity contribution is -0.224. The first-order chi connectivity index (χ1) is 12.9. The van der Waals surface area contributed by atoms with Gasteiger partial charge < -0.3 is 26.0 Å². The average Bonchev–Trinajstić information content (AvgIpc) is 2.66. The summed E-state index contributed by atoms with van der Waals surface area (Å²) in [6, 6.07) is 4.97. The molecule has 0 unspecified atom stereocenters. The van der Waals surface area contributed by atoms with Gasteiger partial charge in [-0.1, -0.05) is 6.92 Å². The molecule has 1 saturated heterocycles. The normalized spacial score (nSPS) is 27.9. The van der Waals surface area contributed by atoms with Crippen LogP contribution in [-0.4, -0.2) is 43.9 Å². The van der Waals surface area contributed by atoms with Crippen molar-refractivity contribution in [2.24, 2.45) is 0 Å². The van der Waals surface area contributed by atoms with Crippen LogP contribution in [0.4, 0.5) is 11.4 Å². The second-order valence-electron chi connectivity index (χ2n) is 6.72. The van der Waals surface area contributed by atoms with Crippen LogP contribution in [0.5, 0.6) is 0 Å². The molecule has 0 bridgehead atoms. The Hall–Kier alpha value is -2.55. The van der Waals surface area contributed by atoms with Gasteiger partial charge in [0.1, 0.15) is 5.60 Å². The van der Waals surface area contributed by atoms with Crippen molar-refractivity contribution in [1.29, 1.82) is 0 Å². The minimum atomic E-state index is -1.30. The largest absolute Gasteiger partial charge is 0.397 e. The van der Waals surface area contributed by atoms with Crippen molar-refractivity contribution >= 4 is 17.3 Å². The molecule has 0 aliphatic carbocycles. The van der Waals surface area contributed by atoms with E-state index >= 15 is 0 Å². The minimum Gasteiger partial charge on any atom is -0.397 e. The van der Waals surface area contributed by atoms with Crippen molar-refractivity contribution in [3.05, 3.63) is 48.0 Å². The average molecular weight is 372 g/mol. The molecule has 8 heteroatoms. The Bertz CT molecular complexity index is 817. The van der Waals surface area contributed by atoms with Crippen LogP contribution < -0.4 is 11.1 Å². The van der Waals surface area contributed by atoms with Crippen LogP contribution in [-0.2, 0) is 4.74 Å². The van der Waals surface area contributed by atoms with Crippen LogP contribution in [0.2, 0.25) is 0 Å². The standard InChI is InChI=1S/C19H24N4O4/c1-3-19(26)11(2)27-15(9-16(19)24)12-6-8-21-10-14(12)23-18(25)17-13(20)5-4-7-22-17/h4-8,10-11,15-16,24,26H,3,9,20H2,1-2H3,(H,23,25)/t11-,15-,16-,19-/m1/s1. The molecule has 1 aliphatic heterocycles. The third kappa shape index (κ3) is 3.64. The van der Waals surface area contributed by atoms with Crippen LogP contribution in [0.3, 0.4) is 0 Å². The highest BCUT2D eigenvalue weighted by Crippen LogP contribution is 2.40. The Morgan fingerprint density at radius 2 is 2.22 bits per heavy atom. The molecule has 0 aromatic carbocycles. The number of carbonyl (C=O) groups excluding carboxylic acids is 1. The molecule has 1 amide bonds. The maximum absolute atomic E-state index is 12.5. The fourth-order valence-electron chi connectivity index (χ4n) is 3.40. The lowest BCUT2D eigenvalue weighted by Crippen LogP contribution is -2.56. The molecule has 0 spiro atoms. The van der Waals surface area contributed by atoms with E-state index in [-0.39, 0.29) is 17.8 Å². The zero-order valence-electron chi connectivity index (χ0n) is 15.3. The molecule has 5 N–H and O–H groups in total. The van der Waals surface area contributed by atoms with E-state index in [2.05, 4.69) is 15.3 Å². The summed E-state index contributed by atoms with van der Waals surface area (Å²) in [5.41, 5.74) is 6.01. The van der Waals surface area contributed by atoms with E-state index in [9.17, 15) is 15.0 Å². The number of carbonyl (C=O) groups is 1. The van der Waals surface area contributed by atoms with Crippen molar-refractivity contribution in [2.75, 3.05) is 11.1 Å². The summed E-state index contributed by atoms with van der Waals surface area (Å²) >= 11 is 0. The number of aliphatic hydroxyl groups excluding tert-OH is 1. The van der Waals surface area contributed by atoms with Crippen molar-refractivity contribution in [3.63, 3.8) is 0 Å². The second-order valence-corrected chi connectivity index (χ2v) is 6.72. The Labute approximate surface area is 157 Å². The van der Waals surface area contributed by atoms with Crippen molar-refractivity contribution in [2.45, 2.75) is 50.6 Å². The van der Waals surface area contributed by atoms with Gasteiger partial charge in [-0.15, -0.1) is 0 Å². The molecule has 3 heterocycles. The Balaban J connectivity index is 1.85. The molecule has 0 saturated carbocycles. The van der Waals surface area contributed by atoms with Gasteiger partial charge in [0.2, 0.25) is 0 Å². The highest BCUT2D eigenvalue weighted by molar-refractivity contribution is 6.06. The number of nitrogen functional groups attached to an aromatic ring is 1. The van der Waals surface area contributed by atoms with E-state index < -0.39 is 29.8 Å². The van der Waals surface area contributed by atoms with Crippen LogP contribution >= 0.6 is 0 Å². The van der Waals surface area contributed by atoms with Crippen LogP contribution in [0.15, 0.2) is 36.8 Å². The summed E-state index contributed by atoms with van der Waals surface area (Å²) in [5.74, 6) is -0.461. The smallest absolute Gasteiger partial charge is 0.276 e. The summed E-state index contributed by atoms with van der Waals surface area (Å²) in [6.45, 7) is 3.53. The van der Waals surface area contributed by atoms with Crippen molar-refractivity contribution < 1.29 is 19.7 Å². The van der Waals surface area contributed by atoms with Gasteiger partial charge in [0.25, 0.3) is 5.91 Å². The quantitative estimate of drug-likeness (QED) is 0.642. The zero-order valence-corrected chi connectivity index (χ0v) is 15.3. The molecule has 1 fully saturated rings. The summed E-state index contributed by atoms with van der Waals surface area (Å²) in [5, 5.41) is 23.8.